The third-order valence-electron chi connectivity index (χ3n) is 6.06. The van der Waals surface area contributed by atoms with E-state index in [1.165, 1.54) is 36.8 Å². The lowest BCUT2D eigenvalue weighted by atomic mass is 9.84. The SMILES string of the molecule is Cc1cc(OCC(=O)NC(C)C2CC3CCC2C3)ccc1C(C)C. The third-order valence-corrected chi connectivity index (χ3v) is 6.06. The van der Waals surface area contributed by atoms with Crippen molar-refractivity contribution in [3.63, 3.8) is 0 Å². The van der Waals surface area contributed by atoms with E-state index in [0.717, 1.165) is 17.6 Å². The molecule has 1 N–H and O–H groups in total. The van der Waals surface area contributed by atoms with Crippen LogP contribution in [0.15, 0.2) is 18.2 Å². The van der Waals surface area contributed by atoms with Crippen LogP contribution in [-0.2, 0) is 4.79 Å². The van der Waals surface area contributed by atoms with Crippen molar-refractivity contribution < 1.29 is 9.53 Å². The molecule has 3 rings (SSSR count). The van der Waals surface area contributed by atoms with Crippen molar-refractivity contribution in [3.8, 4) is 5.75 Å². The molecule has 4 atom stereocenters. The van der Waals surface area contributed by atoms with E-state index in [1.54, 1.807) is 0 Å². The number of hydrogen-bond acceptors (Lipinski definition) is 2. The first-order chi connectivity index (χ1) is 11.4. The summed E-state index contributed by atoms with van der Waals surface area (Å²) in [6.07, 6.45) is 5.43. The van der Waals surface area contributed by atoms with Crippen molar-refractivity contribution in [2.24, 2.45) is 17.8 Å². The van der Waals surface area contributed by atoms with Gasteiger partial charge >= 0.3 is 0 Å². The number of fused-ring (bicyclic) bond motifs is 2. The van der Waals surface area contributed by atoms with E-state index in [9.17, 15) is 4.79 Å². The maximum absolute atomic E-state index is 12.2. The summed E-state index contributed by atoms with van der Waals surface area (Å²) in [4.78, 5) is 12.2. The molecule has 0 aliphatic heterocycles. The van der Waals surface area contributed by atoms with Gasteiger partial charge in [-0.15, -0.1) is 0 Å². The molecule has 132 valence electrons. The van der Waals surface area contributed by atoms with Gasteiger partial charge in [0.2, 0.25) is 0 Å². The number of benzene rings is 1. The lowest BCUT2D eigenvalue weighted by molar-refractivity contribution is -0.124. The highest BCUT2D eigenvalue weighted by Crippen LogP contribution is 2.49. The quantitative estimate of drug-likeness (QED) is 0.838. The summed E-state index contributed by atoms with van der Waals surface area (Å²) < 4.78 is 5.70. The maximum Gasteiger partial charge on any atom is 0.258 e. The first-order valence-corrected chi connectivity index (χ1v) is 9.46. The summed E-state index contributed by atoms with van der Waals surface area (Å²) in [6.45, 7) is 8.73. The van der Waals surface area contributed by atoms with Gasteiger partial charge in [0.15, 0.2) is 6.61 Å². The van der Waals surface area contributed by atoms with Crippen LogP contribution in [0.25, 0.3) is 0 Å². The van der Waals surface area contributed by atoms with Gasteiger partial charge in [-0.05, 0) is 80.0 Å². The fraction of sp³-hybridized carbons (Fsp3) is 0.667. The smallest absolute Gasteiger partial charge is 0.258 e. The van der Waals surface area contributed by atoms with Crippen LogP contribution in [0.3, 0.4) is 0 Å². The summed E-state index contributed by atoms with van der Waals surface area (Å²) in [5.74, 6) is 3.69. The molecule has 1 aromatic rings. The predicted molar refractivity (Wildman–Crippen MR) is 97.3 cm³/mol. The van der Waals surface area contributed by atoms with E-state index in [0.29, 0.717) is 11.8 Å². The standard InChI is InChI=1S/C21H31NO2/c1-13(2)19-8-7-18(9-14(19)3)24-12-21(23)22-15(4)20-11-16-5-6-17(20)10-16/h7-9,13,15-17,20H,5-6,10-12H2,1-4H3,(H,22,23). The lowest BCUT2D eigenvalue weighted by Gasteiger charge is -2.28. The predicted octanol–water partition coefficient (Wildman–Crippen LogP) is 4.44. The summed E-state index contributed by atoms with van der Waals surface area (Å²) in [5.41, 5.74) is 2.55. The van der Waals surface area contributed by atoms with E-state index < -0.39 is 0 Å². The van der Waals surface area contributed by atoms with Crippen LogP contribution in [0.2, 0.25) is 0 Å². The van der Waals surface area contributed by atoms with Crippen molar-refractivity contribution >= 4 is 5.91 Å². The summed E-state index contributed by atoms with van der Waals surface area (Å²) in [6, 6.07) is 6.36. The Kier molecular flexibility index (Phi) is 5.17. The molecular weight excluding hydrogens is 298 g/mol. The van der Waals surface area contributed by atoms with E-state index in [2.05, 4.69) is 39.1 Å². The Bertz CT molecular complexity index is 596. The molecule has 0 aromatic heterocycles. The van der Waals surface area contributed by atoms with Crippen LogP contribution in [0.1, 0.15) is 63.5 Å². The Balaban J connectivity index is 1.48. The Labute approximate surface area is 146 Å². The molecule has 0 saturated heterocycles. The summed E-state index contributed by atoms with van der Waals surface area (Å²) in [5, 5.41) is 3.16. The average molecular weight is 329 g/mol. The van der Waals surface area contributed by atoms with Crippen LogP contribution in [0.5, 0.6) is 5.75 Å². The first-order valence-electron chi connectivity index (χ1n) is 9.46. The number of aryl methyl sites for hydroxylation is 1. The highest BCUT2D eigenvalue weighted by Gasteiger charge is 2.42. The van der Waals surface area contributed by atoms with Gasteiger partial charge < -0.3 is 10.1 Å². The van der Waals surface area contributed by atoms with Crippen LogP contribution in [0.4, 0.5) is 0 Å². The number of nitrogens with one attached hydrogen (secondary N) is 1. The molecule has 0 radical (unpaired) electrons. The van der Waals surface area contributed by atoms with Gasteiger partial charge in [0, 0.05) is 6.04 Å². The van der Waals surface area contributed by atoms with Gasteiger partial charge in [0.1, 0.15) is 5.75 Å². The highest BCUT2D eigenvalue weighted by molar-refractivity contribution is 5.77. The second kappa shape index (κ2) is 7.16. The van der Waals surface area contributed by atoms with Crippen molar-refractivity contribution in [2.75, 3.05) is 6.61 Å². The van der Waals surface area contributed by atoms with E-state index in [4.69, 9.17) is 4.74 Å². The second-order valence-corrected chi connectivity index (χ2v) is 8.16. The van der Waals surface area contributed by atoms with Crippen LogP contribution in [-0.4, -0.2) is 18.6 Å². The first kappa shape index (κ1) is 17.3. The topological polar surface area (TPSA) is 38.3 Å². The van der Waals surface area contributed by atoms with Gasteiger partial charge in [-0.1, -0.05) is 26.3 Å². The van der Waals surface area contributed by atoms with Crippen molar-refractivity contribution in [2.45, 2.75) is 65.3 Å². The fourth-order valence-electron chi connectivity index (χ4n) is 4.84. The van der Waals surface area contributed by atoms with E-state index in [1.807, 2.05) is 12.1 Å². The van der Waals surface area contributed by atoms with Crippen molar-refractivity contribution in [1.29, 1.82) is 0 Å². The van der Waals surface area contributed by atoms with Crippen molar-refractivity contribution in [1.82, 2.24) is 5.32 Å². The molecule has 2 aliphatic rings. The molecular formula is C21H31NO2. The Morgan fingerprint density at radius 1 is 1.25 bits per heavy atom. The lowest BCUT2D eigenvalue weighted by Crippen LogP contribution is -2.42. The van der Waals surface area contributed by atoms with Crippen LogP contribution >= 0.6 is 0 Å². The van der Waals surface area contributed by atoms with Gasteiger partial charge in [0.25, 0.3) is 5.91 Å². The third kappa shape index (κ3) is 3.76. The molecule has 2 bridgehead atoms. The number of hydrogen-bond donors (Lipinski definition) is 1. The van der Waals surface area contributed by atoms with E-state index in [-0.39, 0.29) is 18.6 Å². The molecule has 3 heteroatoms. The average Bonchev–Trinajstić information content (AvgIpc) is 3.15. The number of carbonyl (C=O) groups excluding carboxylic acids is 1. The van der Waals surface area contributed by atoms with Crippen molar-refractivity contribution in [3.05, 3.63) is 29.3 Å². The largest absolute Gasteiger partial charge is 0.484 e. The minimum absolute atomic E-state index is 0.00383. The number of amides is 1. The van der Waals surface area contributed by atoms with E-state index >= 15 is 0 Å². The number of rotatable bonds is 6. The van der Waals surface area contributed by atoms with Crippen LogP contribution in [0, 0.1) is 24.7 Å². The van der Waals surface area contributed by atoms with Gasteiger partial charge in [-0.2, -0.15) is 0 Å². The Morgan fingerprint density at radius 3 is 2.62 bits per heavy atom. The van der Waals surface area contributed by atoms with Crippen LogP contribution < -0.4 is 10.1 Å². The number of carbonyl (C=O) groups is 1. The van der Waals surface area contributed by atoms with Gasteiger partial charge in [-0.3, -0.25) is 4.79 Å². The molecule has 1 amide bonds. The summed E-state index contributed by atoms with van der Waals surface area (Å²) in [7, 11) is 0. The molecule has 0 heterocycles. The Morgan fingerprint density at radius 2 is 2.04 bits per heavy atom. The summed E-state index contributed by atoms with van der Waals surface area (Å²) >= 11 is 0. The second-order valence-electron chi connectivity index (χ2n) is 8.16. The normalized spacial score (nSPS) is 26.6. The molecule has 2 fully saturated rings. The molecule has 4 unspecified atom stereocenters. The minimum atomic E-state index is -0.00383. The number of ether oxygens (including phenoxy) is 1. The zero-order valence-electron chi connectivity index (χ0n) is 15.5. The monoisotopic (exact) mass is 329 g/mol. The highest BCUT2D eigenvalue weighted by atomic mass is 16.5. The zero-order valence-corrected chi connectivity index (χ0v) is 15.5. The fourth-order valence-corrected chi connectivity index (χ4v) is 4.84. The molecule has 0 spiro atoms. The molecule has 2 aliphatic carbocycles. The Hall–Kier alpha value is -1.51. The molecule has 24 heavy (non-hydrogen) atoms. The van der Waals surface area contributed by atoms with Gasteiger partial charge in [0.05, 0.1) is 0 Å². The molecule has 2 saturated carbocycles. The minimum Gasteiger partial charge on any atom is -0.484 e. The molecule has 3 nitrogen and oxygen atoms in total. The zero-order chi connectivity index (χ0) is 17.3. The maximum atomic E-state index is 12.2. The van der Waals surface area contributed by atoms with Gasteiger partial charge in [-0.25, -0.2) is 0 Å². The molecule has 1 aromatic carbocycles.